The molecule has 0 fully saturated rings. The van der Waals surface area contributed by atoms with E-state index in [2.05, 4.69) is 10.6 Å². The Balaban J connectivity index is 1.39. The monoisotopic (exact) mass is 462 g/mol. The molecule has 8 heteroatoms. The van der Waals surface area contributed by atoms with Gasteiger partial charge in [0.2, 0.25) is 5.91 Å². The van der Waals surface area contributed by atoms with E-state index in [0.29, 0.717) is 5.76 Å². The molecule has 0 radical (unpaired) electrons. The number of carbonyl (C=O) groups is 3. The maximum atomic E-state index is 12.7. The van der Waals surface area contributed by atoms with Crippen molar-refractivity contribution in [2.45, 2.75) is 38.3 Å². The van der Waals surface area contributed by atoms with Crippen LogP contribution in [0.2, 0.25) is 0 Å². The van der Waals surface area contributed by atoms with E-state index in [4.69, 9.17) is 14.3 Å². The molecule has 1 aromatic heterocycles. The average Bonchev–Trinajstić information content (AvgIpc) is 3.39. The van der Waals surface area contributed by atoms with Crippen molar-refractivity contribution in [2.24, 2.45) is 0 Å². The van der Waals surface area contributed by atoms with E-state index in [1.807, 2.05) is 55.5 Å². The lowest BCUT2D eigenvalue weighted by Gasteiger charge is -2.19. The van der Waals surface area contributed by atoms with Crippen molar-refractivity contribution < 1.29 is 28.6 Å². The fourth-order valence-electron chi connectivity index (χ4n) is 4.19. The number of rotatable bonds is 9. The van der Waals surface area contributed by atoms with Crippen LogP contribution in [0.1, 0.15) is 41.2 Å². The molecule has 0 bridgehead atoms. The van der Waals surface area contributed by atoms with E-state index in [-0.39, 0.29) is 31.9 Å². The number of carbonyl (C=O) groups excluding carboxylic acids is 2. The van der Waals surface area contributed by atoms with Gasteiger partial charge < -0.3 is 24.9 Å². The second kappa shape index (κ2) is 10.2. The molecule has 4 rings (SSSR count). The van der Waals surface area contributed by atoms with Gasteiger partial charge >= 0.3 is 12.1 Å². The van der Waals surface area contributed by atoms with Gasteiger partial charge in [0.05, 0.1) is 12.8 Å². The summed E-state index contributed by atoms with van der Waals surface area (Å²) in [6.07, 6.45) is 0.402. The number of nitrogens with one attached hydrogen (secondary N) is 2. The highest BCUT2D eigenvalue weighted by molar-refractivity contribution is 5.86. The summed E-state index contributed by atoms with van der Waals surface area (Å²) in [5.74, 6) is -1.10. The molecule has 176 valence electrons. The van der Waals surface area contributed by atoms with E-state index in [0.717, 1.165) is 27.8 Å². The number of ether oxygens (including phenoxy) is 1. The Morgan fingerprint density at radius 3 is 2.26 bits per heavy atom. The summed E-state index contributed by atoms with van der Waals surface area (Å²) in [5.41, 5.74) is 5.25. The predicted molar refractivity (Wildman–Crippen MR) is 124 cm³/mol. The van der Waals surface area contributed by atoms with Gasteiger partial charge in [-0.2, -0.15) is 0 Å². The summed E-state index contributed by atoms with van der Waals surface area (Å²) in [6, 6.07) is 16.7. The van der Waals surface area contributed by atoms with E-state index in [1.165, 1.54) is 6.26 Å². The highest BCUT2D eigenvalue weighted by atomic mass is 16.5. The first-order chi connectivity index (χ1) is 16.4. The minimum atomic E-state index is -1.06. The van der Waals surface area contributed by atoms with Gasteiger partial charge in [0, 0.05) is 12.3 Å². The van der Waals surface area contributed by atoms with Gasteiger partial charge in [-0.05, 0) is 47.2 Å². The zero-order valence-corrected chi connectivity index (χ0v) is 18.7. The van der Waals surface area contributed by atoms with Crippen LogP contribution in [0.5, 0.6) is 0 Å². The molecule has 34 heavy (non-hydrogen) atoms. The van der Waals surface area contributed by atoms with Crippen molar-refractivity contribution >= 4 is 18.0 Å². The fraction of sp³-hybridized carbons (Fsp3) is 0.269. The highest BCUT2D eigenvalue weighted by Gasteiger charge is 2.30. The Hall–Kier alpha value is -4.07. The largest absolute Gasteiger partial charge is 0.481 e. The van der Waals surface area contributed by atoms with E-state index < -0.39 is 24.0 Å². The maximum Gasteiger partial charge on any atom is 0.407 e. The molecule has 2 aromatic carbocycles. The van der Waals surface area contributed by atoms with Crippen molar-refractivity contribution in [1.82, 2.24) is 10.6 Å². The average molecular weight is 463 g/mol. The van der Waals surface area contributed by atoms with Crippen LogP contribution in [0.25, 0.3) is 11.1 Å². The number of fused-ring (bicyclic) bond motifs is 3. The van der Waals surface area contributed by atoms with Crippen LogP contribution >= 0.6 is 0 Å². The molecule has 0 aliphatic heterocycles. The minimum absolute atomic E-state index is 0.0670. The van der Waals surface area contributed by atoms with Crippen LogP contribution in [0.3, 0.4) is 0 Å². The Morgan fingerprint density at radius 2 is 1.68 bits per heavy atom. The number of benzene rings is 2. The molecule has 1 atom stereocenters. The Labute approximate surface area is 196 Å². The van der Waals surface area contributed by atoms with E-state index >= 15 is 0 Å². The second-order valence-electron chi connectivity index (χ2n) is 8.20. The summed E-state index contributed by atoms with van der Waals surface area (Å²) < 4.78 is 10.8. The molecule has 2 amide bonds. The number of aliphatic carboxylic acids is 1. The highest BCUT2D eigenvalue weighted by Crippen LogP contribution is 2.44. The molecular formula is C26H26N2O6. The summed E-state index contributed by atoms with van der Waals surface area (Å²) in [7, 11) is 0. The standard InChI is InChI=1S/C26H26N2O6/c1-16-12-13-33-23(16)14-27-25(31)22(10-11-24(29)30)28-26(32)34-15-21-19-8-4-2-6-17(19)18-7-3-5-9-20(18)21/h2-9,12-13,21-22H,10-11,14-15H2,1H3,(H,27,31)(H,28,32)(H,29,30). The number of hydrogen-bond donors (Lipinski definition) is 3. The van der Waals surface area contributed by atoms with Gasteiger partial charge in [-0.25, -0.2) is 4.79 Å². The van der Waals surface area contributed by atoms with Crippen molar-refractivity contribution in [3.05, 3.63) is 83.3 Å². The van der Waals surface area contributed by atoms with Crippen LogP contribution in [0, 0.1) is 6.92 Å². The molecule has 3 aromatic rings. The number of hydrogen-bond acceptors (Lipinski definition) is 5. The number of carboxylic acid groups (broad SMARTS) is 1. The van der Waals surface area contributed by atoms with Crippen LogP contribution in [0.15, 0.2) is 65.3 Å². The van der Waals surface area contributed by atoms with Gasteiger partial charge in [0.25, 0.3) is 0 Å². The molecule has 1 aliphatic rings. The number of alkyl carbamates (subject to hydrolysis) is 1. The second-order valence-corrected chi connectivity index (χ2v) is 8.20. The summed E-state index contributed by atoms with van der Waals surface area (Å²) >= 11 is 0. The van der Waals surface area contributed by atoms with Gasteiger partial charge in [0.1, 0.15) is 18.4 Å². The third-order valence-corrected chi connectivity index (χ3v) is 5.99. The normalized spacial score (nSPS) is 13.0. The van der Waals surface area contributed by atoms with Crippen LogP contribution in [-0.4, -0.2) is 35.7 Å². The fourth-order valence-corrected chi connectivity index (χ4v) is 4.19. The smallest absolute Gasteiger partial charge is 0.407 e. The first-order valence-corrected chi connectivity index (χ1v) is 11.1. The van der Waals surface area contributed by atoms with Crippen LogP contribution in [0.4, 0.5) is 4.79 Å². The predicted octanol–water partition coefficient (Wildman–Crippen LogP) is 3.98. The van der Waals surface area contributed by atoms with E-state index in [1.54, 1.807) is 6.07 Å². The molecule has 1 unspecified atom stereocenters. The van der Waals surface area contributed by atoms with Crippen molar-refractivity contribution in [1.29, 1.82) is 0 Å². The van der Waals surface area contributed by atoms with E-state index in [9.17, 15) is 14.4 Å². The SMILES string of the molecule is Cc1ccoc1CNC(=O)C(CCC(=O)O)NC(=O)OCC1c2ccccc2-c2ccccc21. The lowest BCUT2D eigenvalue weighted by molar-refractivity contribution is -0.137. The molecule has 1 heterocycles. The van der Waals surface area contributed by atoms with Crippen molar-refractivity contribution in [2.75, 3.05) is 6.61 Å². The van der Waals surface area contributed by atoms with Crippen molar-refractivity contribution in [3.63, 3.8) is 0 Å². The molecule has 3 N–H and O–H groups in total. The number of furan rings is 1. The van der Waals surface area contributed by atoms with Crippen LogP contribution < -0.4 is 10.6 Å². The summed E-state index contributed by atoms with van der Waals surface area (Å²) in [6.45, 7) is 2.08. The Bertz CT molecular complexity index is 1160. The molecule has 8 nitrogen and oxygen atoms in total. The zero-order valence-electron chi connectivity index (χ0n) is 18.7. The van der Waals surface area contributed by atoms with Gasteiger partial charge in [-0.1, -0.05) is 48.5 Å². The van der Waals surface area contributed by atoms with Gasteiger partial charge in [-0.3, -0.25) is 9.59 Å². The van der Waals surface area contributed by atoms with Crippen LogP contribution in [-0.2, 0) is 20.9 Å². The minimum Gasteiger partial charge on any atom is -0.481 e. The number of amides is 2. The number of carboxylic acids is 1. The Kier molecular flexibility index (Phi) is 6.96. The molecule has 0 saturated heterocycles. The lowest BCUT2D eigenvalue weighted by atomic mass is 9.98. The third kappa shape index (κ3) is 5.11. The third-order valence-electron chi connectivity index (χ3n) is 5.99. The Morgan fingerprint density at radius 1 is 1.03 bits per heavy atom. The van der Waals surface area contributed by atoms with Crippen molar-refractivity contribution in [3.8, 4) is 11.1 Å². The summed E-state index contributed by atoms with van der Waals surface area (Å²) in [5, 5.41) is 14.2. The topological polar surface area (TPSA) is 118 Å². The summed E-state index contributed by atoms with van der Waals surface area (Å²) in [4.78, 5) is 36.3. The molecule has 1 aliphatic carbocycles. The van der Waals surface area contributed by atoms with Gasteiger partial charge in [0.15, 0.2) is 0 Å². The maximum absolute atomic E-state index is 12.7. The zero-order chi connectivity index (χ0) is 24.1. The molecular weight excluding hydrogens is 436 g/mol. The molecule has 0 saturated carbocycles. The molecule has 0 spiro atoms. The van der Waals surface area contributed by atoms with Gasteiger partial charge in [-0.15, -0.1) is 0 Å². The number of aryl methyl sites for hydroxylation is 1. The first-order valence-electron chi connectivity index (χ1n) is 11.1. The quantitative estimate of drug-likeness (QED) is 0.443. The first kappa shape index (κ1) is 23.1. The lowest BCUT2D eigenvalue weighted by Crippen LogP contribution is -2.47.